The normalized spacial score (nSPS) is 13.3. The number of nitrogens with one attached hydrogen (secondary N) is 1. The summed E-state index contributed by atoms with van der Waals surface area (Å²) < 4.78 is 6.33. The molecule has 6 nitrogen and oxygen atoms in total. The molecule has 3 amide bonds. The molecule has 0 bridgehead atoms. The summed E-state index contributed by atoms with van der Waals surface area (Å²) >= 11 is 3.28. The second-order valence-electron chi connectivity index (χ2n) is 5.91. The third kappa shape index (κ3) is 2.90. The van der Waals surface area contributed by atoms with Crippen LogP contribution < -0.4 is 5.32 Å². The van der Waals surface area contributed by atoms with Gasteiger partial charge in [-0.15, -0.1) is 0 Å². The van der Waals surface area contributed by atoms with Crippen LogP contribution in [-0.4, -0.2) is 29.2 Å². The van der Waals surface area contributed by atoms with Crippen molar-refractivity contribution in [2.24, 2.45) is 0 Å². The Hall–Kier alpha value is -2.93. The smallest absolute Gasteiger partial charge is 0.262 e. The predicted molar refractivity (Wildman–Crippen MR) is 97.6 cm³/mol. The van der Waals surface area contributed by atoms with E-state index in [1.165, 1.54) is 0 Å². The molecule has 1 N–H and O–H groups in total. The van der Waals surface area contributed by atoms with Crippen molar-refractivity contribution < 1.29 is 18.8 Å². The molecule has 2 aromatic carbocycles. The summed E-state index contributed by atoms with van der Waals surface area (Å²) in [4.78, 5) is 37.8. The number of hydrogen-bond acceptors (Lipinski definition) is 4. The third-order valence-corrected chi connectivity index (χ3v) is 4.66. The lowest BCUT2D eigenvalue weighted by molar-refractivity contribution is -0.121. The molecule has 130 valence electrons. The molecule has 0 aliphatic carbocycles. The number of nitrogens with zero attached hydrogens (tertiary/aromatic N) is 1. The standard InChI is InChI=1S/C19H13BrN2O4/c20-12-5-6-14-15(8-12)19(25)22(18(14)24)10-17(23)21-9-13-7-11-3-1-2-4-16(11)26-13/h1-8H,9-10H2,(H,21,23). The van der Waals surface area contributed by atoms with Gasteiger partial charge >= 0.3 is 0 Å². The van der Waals surface area contributed by atoms with Crippen molar-refractivity contribution in [1.29, 1.82) is 0 Å². The molecule has 0 atom stereocenters. The molecule has 1 aliphatic rings. The Bertz CT molecular complexity index is 1020. The molecule has 1 aromatic heterocycles. The number of furan rings is 1. The quantitative estimate of drug-likeness (QED) is 0.667. The molecule has 7 heteroatoms. The van der Waals surface area contributed by atoms with Crippen LogP contribution in [-0.2, 0) is 11.3 Å². The first kappa shape index (κ1) is 16.5. The number of halogens is 1. The summed E-state index contributed by atoms with van der Waals surface area (Å²) in [6.45, 7) is -0.146. The Morgan fingerprint density at radius 1 is 1.04 bits per heavy atom. The summed E-state index contributed by atoms with van der Waals surface area (Å²) in [7, 11) is 0. The molecular formula is C19H13BrN2O4. The van der Waals surface area contributed by atoms with E-state index >= 15 is 0 Å². The fraction of sp³-hybridized carbons (Fsp3) is 0.105. The van der Waals surface area contributed by atoms with Gasteiger partial charge in [-0.05, 0) is 30.3 Å². The molecule has 0 fully saturated rings. The van der Waals surface area contributed by atoms with Gasteiger partial charge in [0.2, 0.25) is 5.91 Å². The van der Waals surface area contributed by atoms with Crippen molar-refractivity contribution in [3.63, 3.8) is 0 Å². The Balaban J connectivity index is 1.42. The van der Waals surface area contributed by atoms with Crippen molar-refractivity contribution in [3.8, 4) is 0 Å². The van der Waals surface area contributed by atoms with Crippen LogP contribution in [0.4, 0.5) is 0 Å². The van der Waals surface area contributed by atoms with Crippen LogP contribution in [0.1, 0.15) is 26.5 Å². The fourth-order valence-electron chi connectivity index (χ4n) is 2.92. The number of fused-ring (bicyclic) bond motifs is 2. The molecule has 1 aliphatic heterocycles. The molecule has 0 spiro atoms. The molecule has 26 heavy (non-hydrogen) atoms. The SMILES string of the molecule is O=C(CN1C(=O)c2ccc(Br)cc2C1=O)NCc1cc2ccccc2o1. The number of para-hydroxylation sites is 1. The largest absolute Gasteiger partial charge is 0.459 e. The minimum Gasteiger partial charge on any atom is -0.459 e. The first-order valence-corrected chi connectivity index (χ1v) is 8.72. The van der Waals surface area contributed by atoms with Gasteiger partial charge < -0.3 is 9.73 Å². The van der Waals surface area contributed by atoms with Gasteiger partial charge in [-0.25, -0.2) is 0 Å². The number of rotatable bonds is 4. The third-order valence-electron chi connectivity index (χ3n) is 4.17. The van der Waals surface area contributed by atoms with E-state index in [0.29, 0.717) is 21.4 Å². The molecule has 3 aromatic rings. The minimum absolute atomic E-state index is 0.183. The van der Waals surface area contributed by atoms with Gasteiger partial charge in [0.15, 0.2) is 0 Å². The van der Waals surface area contributed by atoms with Gasteiger partial charge in [0, 0.05) is 9.86 Å². The number of carbonyl (C=O) groups is 3. The average Bonchev–Trinajstić information content (AvgIpc) is 3.14. The van der Waals surface area contributed by atoms with Gasteiger partial charge in [-0.2, -0.15) is 0 Å². The monoisotopic (exact) mass is 412 g/mol. The van der Waals surface area contributed by atoms with Crippen molar-refractivity contribution in [2.45, 2.75) is 6.54 Å². The lowest BCUT2D eigenvalue weighted by atomic mass is 10.1. The second-order valence-corrected chi connectivity index (χ2v) is 6.83. The van der Waals surface area contributed by atoms with Crippen LogP contribution in [0, 0.1) is 0 Å². The van der Waals surface area contributed by atoms with E-state index in [1.807, 2.05) is 30.3 Å². The molecular weight excluding hydrogens is 400 g/mol. The Morgan fingerprint density at radius 3 is 2.62 bits per heavy atom. The maximum absolute atomic E-state index is 12.4. The van der Waals surface area contributed by atoms with Crippen molar-refractivity contribution in [2.75, 3.05) is 6.54 Å². The van der Waals surface area contributed by atoms with Gasteiger partial charge in [0.25, 0.3) is 11.8 Å². The van der Waals surface area contributed by atoms with Gasteiger partial charge in [-0.3, -0.25) is 19.3 Å². The Labute approximate surface area is 156 Å². The molecule has 0 saturated heterocycles. The van der Waals surface area contributed by atoms with Crippen LogP contribution in [0.25, 0.3) is 11.0 Å². The van der Waals surface area contributed by atoms with E-state index < -0.39 is 17.7 Å². The molecule has 0 saturated carbocycles. The Kier molecular flexibility index (Phi) is 4.08. The first-order valence-electron chi connectivity index (χ1n) is 7.93. The minimum atomic E-state index is -0.467. The van der Waals surface area contributed by atoms with Gasteiger partial charge in [0.05, 0.1) is 17.7 Å². The summed E-state index contributed by atoms with van der Waals surface area (Å²) in [5, 5.41) is 3.62. The highest BCUT2D eigenvalue weighted by molar-refractivity contribution is 9.10. The maximum atomic E-state index is 12.4. The lowest BCUT2D eigenvalue weighted by Gasteiger charge is -2.13. The number of benzene rings is 2. The van der Waals surface area contributed by atoms with Crippen LogP contribution in [0.3, 0.4) is 0 Å². The zero-order valence-corrected chi connectivity index (χ0v) is 15.1. The van der Waals surface area contributed by atoms with Crippen molar-refractivity contribution in [3.05, 3.63) is 69.9 Å². The first-order chi connectivity index (χ1) is 12.5. The highest BCUT2D eigenvalue weighted by Gasteiger charge is 2.36. The second kappa shape index (κ2) is 6.42. The van der Waals surface area contributed by atoms with Crippen LogP contribution >= 0.6 is 15.9 Å². The molecule has 0 unspecified atom stereocenters. The lowest BCUT2D eigenvalue weighted by Crippen LogP contribution is -2.40. The summed E-state index contributed by atoms with van der Waals surface area (Å²) in [6, 6.07) is 14.2. The predicted octanol–water partition coefficient (Wildman–Crippen LogP) is 3.11. The number of amides is 3. The highest BCUT2D eigenvalue weighted by Crippen LogP contribution is 2.25. The van der Waals surface area contributed by atoms with Crippen LogP contribution in [0.15, 0.2) is 57.4 Å². The molecule has 2 heterocycles. The number of hydrogen-bond donors (Lipinski definition) is 1. The summed E-state index contributed by atoms with van der Waals surface area (Å²) in [6.07, 6.45) is 0. The summed E-state index contributed by atoms with van der Waals surface area (Å²) in [5.74, 6) is -0.758. The zero-order chi connectivity index (χ0) is 18.3. The van der Waals surface area contributed by atoms with E-state index in [2.05, 4.69) is 21.2 Å². The average molecular weight is 413 g/mol. The van der Waals surface area contributed by atoms with Crippen LogP contribution in [0.2, 0.25) is 0 Å². The van der Waals surface area contributed by atoms with Gasteiger partial charge in [0.1, 0.15) is 17.9 Å². The highest BCUT2D eigenvalue weighted by atomic mass is 79.9. The van der Waals surface area contributed by atoms with E-state index in [1.54, 1.807) is 18.2 Å². The van der Waals surface area contributed by atoms with E-state index in [0.717, 1.165) is 15.9 Å². The number of imide groups is 1. The molecule has 0 radical (unpaired) electrons. The van der Waals surface area contributed by atoms with Gasteiger partial charge in [-0.1, -0.05) is 34.1 Å². The number of carbonyl (C=O) groups excluding carboxylic acids is 3. The summed E-state index contributed by atoms with van der Waals surface area (Å²) in [5.41, 5.74) is 1.35. The van der Waals surface area contributed by atoms with E-state index in [-0.39, 0.29) is 13.1 Å². The Morgan fingerprint density at radius 2 is 1.81 bits per heavy atom. The van der Waals surface area contributed by atoms with E-state index in [9.17, 15) is 14.4 Å². The fourth-order valence-corrected chi connectivity index (χ4v) is 3.28. The molecule has 4 rings (SSSR count). The van der Waals surface area contributed by atoms with Crippen molar-refractivity contribution >= 4 is 44.6 Å². The van der Waals surface area contributed by atoms with Crippen molar-refractivity contribution in [1.82, 2.24) is 10.2 Å². The van der Waals surface area contributed by atoms with E-state index in [4.69, 9.17) is 4.42 Å². The van der Waals surface area contributed by atoms with Crippen LogP contribution in [0.5, 0.6) is 0 Å². The topological polar surface area (TPSA) is 79.6 Å². The maximum Gasteiger partial charge on any atom is 0.262 e. The zero-order valence-electron chi connectivity index (χ0n) is 13.5.